The Balaban J connectivity index is 1.67. The summed E-state index contributed by atoms with van der Waals surface area (Å²) >= 11 is 1.22. The van der Waals surface area contributed by atoms with E-state index in [1.807, 2.05) is 43.4 Å². The number of ether oxygens (including phenoxy) is 1. The molecule has 4 rings (SSSR count). The zero-order valence-corrected chi connectivity index (χ0v) is 16.9. The van der Waals surface area contributed by atoms with Gasteiger partial charge in [0.2, 0.25) is 0 Å². The van der Waals surface area contributed by atoms with Crippen LogP contribution >= 0.6 is 11.8 Å². The average molecular weight is 395 g/mol. The van der Waals surface area contributed by atoms with E-state index in [1.165, 1.54) is 11.8 Å². The van der Waals surface area contributed by atoms with E-state index in [2.05, 4.69) is 34.2 Å². The van der Waals surface area contributed by atoms with Crippen molar-refractivity contribution >= 4 is 34.2 Å². The Hall–Kier alpha value is -2.80. The van der Waals surface area contributed by atoms with Gasteiger partial charge in [0.25, 0.3) is 0 Å². The topological polar surface area (TPSA) is 57.5 Å². The van der Waals surface area contributed by atoms with Gasteiger partial charge in [-0.3, -0.25) is 4.79 Å². The second-order valence-electron chi connectivity index (χ2n) is 6.91. The summed E-state index contributed by atoms with van der Waals surface area (Å²) in [5.74, 6) is 2.10. The fourth-order valence-corrected chi connectivity index (χ4v) is 3.99. The molecule has 0 fully saturated rings. The second kappa shape index (κ2) is 7.67. The van der Waals surface area contributed by atoms with Crippen LogP contribution in [0.3, 0.4) is 0 Å². The number of anilines is 1. The van der Waals surface area contributed by atoms with Gasteiger partial charge in [-0.05, 0) is 47.5 Å². The number of amides is 1. The van der Waals surface area contributed by atoms with Crippen LogP contribution < -0.4 is 9.64 Å². The lowest BCUT2D eigenvalue weighted by atomic mass is 9.98. The lowest BCUT2D eigenvalue weighted by molar-refractivity contribution is 0.267. The molecule has 28 heavy (non-hydrogen) atoms. The fraction of sp³-hybridized carbons (Fsp3) is 0.286. The van der Waals surface area contributed by atoms with Crippen molar-refractivity contribution in [1.82, 2.24) is 5.01 Å². The number of amidine groups is 1. The van der Waals surface area contributed by atoms with Crippen LogP contribution in [0.4, 0.5) is 10.5 Å². The number of benzene rings is 2. The van der Waals surface area contributed by atoms with Crippen molar-refractivity contribution in [3.63, 3.8) is 0 Å². The zero-order chi connectivity index (χ0) is 19.7. The van der Waals surface area contributed by atoms with Crippen LogP contribution in [0.1, 0.15) is 23.6 Å². The Labute approximate surface area is 168 Å². The lowest BCUT2D eigenvalue weighted by Crippen LogP contribution is -2.27. The van der Waals surface area contributed by atoms with Crippen LogP contribution in [0, 0.1) is 0 Å². The molecule has 144 valence electrons. The molecule has 1 amide bonds. The molecule has 1 unspecified atom stereocenters. The van der Waals surface area contributed by atoms with E-state index in [-0.39, 0.29) is 11.3 Å². The number of methoxy groups -OCH3 is 1. The summed E-state index contributed by atoms with van der Waals surface area (Å²) in [6.45, 7) is 0. The molecule has 0 saturated carbocycles. The molecule has 7 heteroatoms. The molecule has 0 radical (unpaired) electrons. The SMILES string of the molecule is COc1ccc(C2=NN(C3=NC(=O)SC3)C(c3ccc(N(C)C)cc3)C2)cc1. The van der Waals surface area contributed by atoms with Crippen molar-refractivity contribution in [2.75, 3.05) is 31.9 Å². The van der Waals surface area contributed by atoms with Crippen molar-refractivity contribution < 1.29 is 9.53 Å². The van der Waals surface area contributed by atoms with Gasteiger partial charge in [0, 0.05) is 26.2 Å². The zero-order valence-electron chi connectivity index (χ0n) is 16.1. The highest BCUT2D eigenvalue weighted by Crippen LogP contribution is 2.36. The third kappa shape index (κ3) is 3.62. The standard InChI is InChI=1S/C21H22N4O2S/c1-24(2)16-8-4-15(5-9-16)19-12-18(14-6-10-17(27-3)11-7-14)23-25(19)20-13-28-21(26)22-20/h4-11,19H,12-13H2,1-3H3. The first-order chi connectivity index (χ1) is 13.5. The van der Waals surface area contributed by atoms with Gasteiger partial charge in [0.05, 0.1) is 24.6 Å². The summed E-state index contributed by atoms with van der Waals surface area (Å²) in [5, 5.41) is 6.62. The van der Waals surface area contributed by atoms with Gasteiger partial charge in [-0.2, -0.15) is 10.1 Å². The molecule has 6 nitrogen and oxygen atoms in total. The third-order valence-electron chi connectivity index (χ3n) is 4.94. The first kappa shape index (κ1) is 18.6. The van der Waals surface area contributed by atoms with Crippen LogP contribution in [0.15, 0.2) is 58.6 Å². The molecule has 0 saturated heterocycles. The van der Waals surface area contributed by atoms with E-state index in [0.29, 0.717) is 5.75 Å². The highest BCUT2D eigenvalue weighted by Gasteiger charge is 2.34. The van der Waals surface area contributed by atoms with Gasteiger partial charge < -0.3 is 9.64 Å². The molecule has 0 bridgehead atoms. The molecule has 1 atom stereocenters. The summed E-state index contributed by atoms with van der Waals surface area (Å²) in [6.07, 6.45) is 0.755. The predicted molar refractivity (Wildman–Crippen MR) is 115 cm³/mol. The van der Waals surface area contributed by atoms with Crippen LogP contribution in [-0.4, -0.2) is 48.8 Å². The van der Waals surface area contributed by atoms with Crippen molar-refractivity contribution in [1.29, 1.82) is 0 Å². The first-order valence-electron chi connectivity index (χ1n) is 9.08. The van der Waals surface area contributed by atoms with E-state index in [4.69, 9.17) is 9.84 Å². The van der Waals surface area contributed by atoms with Gasteiger partial charge >= 0.3 is 5.24 Å². The average Bonchev–Trinajstić information content (AvgIpc) is 3.34. The van der Waals surface area contributed by atoms with Gasteiger partial charge in [0.1, 0.15) is 11.6 Å². The van der Waals surface area contributed by atoms with Crippen molar-refractivity contribution in [3.05, 3.63) is 59.7 Å². The van der Waals surface area contributed by atoms with E-state index >= 15 is 0 Å². The summed E-state index contributed by atoms with van der Waals surface area (Å²) < 4.78 is 5.25. The van der Waals surface area contributed by atoms with E-state index < -0.39 is 0 Å². The molecule has 0 aromatic heterocycles. The lowest BCUT2D eigenvalue weighted by Gasteiger charge is -2.23. The van der Waals surface area contributed by atoms with Crippen LogP contribution in [-0.2, 0) is 0 Å². The molecule has 2 aliphatic heterocycles. The van der Waals surface area contributed by atoms with E-state index in [9.17, 15) is 4.79 Å². The number of hydrogen-bond donors (Lipinski definition) is 0. The predicted octanol–water partition coefficient (Wildman–Crippen LogP) is 4.18. The van der Waals surface area contributed by atoms with Crippen molar-refractivity contribution in [2.45, 2.75) is 12.5 Å². The number of carbonyl (C=O) groups excluding carboxylic acids is 1. The Bertz CT molecular complexity index is 936. The third-order valence-corrected chi connectivity index (χ3v) is 5.68. The summed E-state index contributed by atoms with van der Waals surface area (Å²) in [4.78, 5) is 17.9. The van der Waals surface area contributed by atoms with Crippen LogP contribution in [0.5, 0.6) is 5.75 Å². The van der Waals surface area contributed by atoms with Gasteiger partial charge in [-0.25, -0.2) is 5.01 Å². The number of hydrogen-bond acceptors (Lipinski definition) is 6. The monoisotopic (exact) mass is 394 g/mol. The summed E-state index contributed by atoms with van der Waals surface area (Å²) in [5.41, 5.74) is 4.34. The fourth-order valence-electron chi connectivity index (χ4n) is 3.37. The molecule has 0 N–H and O–H groups in total. The number of carbonyl (C=O) groups is 1. The largest absolute Gasteiger partial charge is 0.497 e. The maximum Gasteiger partial charge on any atom is 0.307 e. The van der Waals surface area contributed by atoms with Gasteiger partial charge in [-0.15, -0.1) is 0 Å². The quantitative estimate of drug-likeness (QED) is 0.779. The van der Waals surface area contributed by atoms with Gasteiger partial charge in [-0.1, -0.05) is 23.9 Å². The number of aliphatic imine (C=N–C) groups is 1. The molecule has 0 spiro atoms. The molecular weight excluding hydrogens is 372 g/mol. The summed E-state index contributed by atoms with van der Waals surface area (Å²) in [6, 6.07) is 16.4. The highest BCUT2D eigenvalue weighted by atomic mass is 32.2. The maximum absolute atomic E-state index is 11.7. The Morgan fingerprint density at radius 2 is 1.82 bits per heavy atom. The molecule has 0 aliphatic carbocycles. The molecule has 2 heterocycles. The smallest absolute Gasteiger partial charge is 0.307 e. The van der Waals surface area contributed by atoms with E-state index in [0.717, 1.165) is 40.5 Å². The number of hydrazone groups is 1. The van der Waals surface area contributed by atoms with Gasteiger partial charge in [0.15, 0.2) is 0 Å². The molecular formula is C21H22N4O2S. The number of rotatable bonds is 4. The Morgan fingerprint density at radius 3 is 2.39 bits per heavy atom. The van der Waals surface area contributed by atoms with E-state index in [1.54, 1.807) is 7.11 Å². The van der Waals surface area contributed by atoms with Crippen LogP contribution in [0.2, 0.25) is 0 Å². The number of thioether (sulfide) groups is 1. The molecule has 2 aliphatic rings. The number of nitrogens with zero attached hydrogens (tertiary/aromatic N) is 4. The normalized spacial score (nSPS) is 18.9. The Morgan fingerprint density at radius 1 is 1.11 bits per heavy atom. The van der Waals surface area contributed by atoms with Crippen molar-refractivity contribution in [2.24, 2.45) is 10.1 Å². The summed E-state index contributed by atoms with van der Waals surface area (Å²) in [7, 11) is 5.71. The molecule has 2 aromatic carbocycles. The van der Waals surface area contributed by atoms with Crippen molar-refractivity contribution in [3.8, 4) is 5.75 Å². The maximum atomic E-state index is 11.7. The highest BCUT2D eigenvalue weighted by molar-refractivity contribution is 8.14. The molecule has 2 aromatic rings. The minimum absolute atomic E-state index is 0.0264. The minimum Gasteiger partial charge on any atom is -0.497 e. The minimum atomic E-state index is -0.148. The van der Waals surface area contributed by atoms with Crippen LogP contribution in [0.25, 0.3) is 0 Å². The second-order valence-corrected chi connectivity index (χ2v) is 7.83. The Kier molecular flexibility index (Phi) is 5.09. The first-order valence-corrected chi connectivity index (χ1v) is 10.1.